The van der Waals surface area contributed by atoms with Crippen LogP contribution in [0.4, 0.5) is 9.59 Å². The van der Waals surface area contributed by atoms with Crippen molar-refractivity contribution in [3.63, 3.8) is 0 Å². The van der Waals surface area contributed by atoms with E-state index in [-0.39, 0.29) is 35.7 Å². The highest BCUT2D eigenvalue weighted by molar-refractivity contribution is 5.87. The number of methoxy groups -OCH3 is 2. The summed E-state index contributed by atoms with van der Waals surface area (Å²) in [5, 5.41) is 5.41. The molecule has 0 radical (unpaired) electrons. The molecule has 14 nitrogen and oxygen atoms in total. The molecule has 14 heteroatoms. The van der Waals surface area contributed by atoms with Crippen LogP contribution in [-0.2, 0) is 19.1 Å². The number of carbonyl (C=O) groups excluding carboxylic acids is 4. The van der Waals surface area contributed by atoms with E-state index in [9.17, 15) is 19.2 Å². The molecule has 0 bridgehead atoms. The number of alkyl carbamates (subject to hydrolysis) is 2. The summed E-state index contributed by atoms with van der Waals surface area (Å²) in [4.78, 5) is 71.7. The van der Waals surface area contributed by atoms with E-state index < -0.39 is 24.3 Å². The van der Waals surface area contributed by atoms with Gasteiger partial charge in [0.15, 0.2) is 0 Å². The van der Waals surface area contributed by atoms with Crippen molar-refractivity contribution in [1.29, 1.82) is 0 Å². The van der Waals surface area contributed by atoms with Crippen LogP contribution < -0.4 is 10.6 Å². The van der Waals surface area contributed by atoms with E-state index in [1.54, 1.807) is 0 Å². The van der Waals surface area contributed by atoms with Crippen LogP contribution in [0, 0.1) is 25.7 Å². The summed E-state index contributed by atoms with van der Waals surface area (Å²) < 4.78 is 9.54. The van der Waals surface area contributed by atoms with Crippen LogP contribution in [-0.4, -0.2) is 93.1 Å². The Balaban J connectivity index is 1.15. The molecule has 2 aliphatic heterocycles. The van der Waals surface area contributed by atoms with Gasteiger partial charge in [-0.25, -0.2) is 19.6 Å². The molecule has 0 spiro atoms. The lowest BCUT2D eigenvalue weighted by molar-refractivity contribution is -0.136. The van der Waals surface area contributed by atoms with Gasteiger partial charge in [-0.2, -0.15) is 0 Å². The molecule has 2 aromatic heterocycles. The molecule has 2 aromatic carbocycles. The van der Waals surface area contributed by atoms with Gasteiger partial charge in [-0.1, -0.05) is 76.2 Å². The molecule has 298 valence electrons. The Morgan fingerprint density at radius 1 is 0.625 bits per heavy atom. The van der Waals surface area contributed by atoms with Crippen molar-refractivity contribution in [2.24, 2.45) is 11.8 Å². The quantitative estimate of drug-likeness (QED) is 0.128. The van der Waals surface area contributed by atoms with Crippen molar-refractivity contribution in [3.8, 4) is 33.6 Å². The van der Waals surface area contributed by atoms with Crippen LogP contribution in [0.2, 0.25) is 0 Å². The number of nitrogens with zero attached hydrogens (tertiary/aromatic N) is 4. The molecule has 4 aromatic rings. The molecule has 0 aliphatic carbocycles. The van der Waals surface area contributed by atoms with Gasteiger partial charge >= 0.3 is 12.2 Å². The van der Waals surface area contributed by atoms with E-state index >= 15 is 0 Å². The first-order valence-corrected chi connectivity index (χ1v) is 19.4. The third-order valence-electron chi connectivity index (χ3n) is 10.9. The maximum atomic E-state index is 13.6. The zero-order chi connectivity index (χ0) is 40.3. The van der Waals surface area contributed by atoms with Gasteiger partial charge in [0.1, 0.15) is 23.7 Å². The van der Waals surface area contributed by atoms with Gasteiger partial charge < -0.3 is 39.9 Å². The number of imidazole rings is 2. The normalized spacial score (nSPS) is 18.0. The molecule has 4 N–H and O–H groups in total. The first-order chi connectivity index (χ1) is 26.8. The Morgan fingerprint density at radius 3 is 1.29 bits per heavy atom. The fraction of sp³-hybridized carbons (Fsp3) is 0.476. The Kier molecular flexibility index (Phi) is 12.2. The smallest absolute Gasteiger partial charge is 0.407 e. The SMILES string of the molecule is COC(=O)N[C@H](C(=O)N1CCC[C@H]1c1nc(-c2ccc(-c3ccc(-c4nc([C@@H]5CCCN5C(=O)[C@H](NC(=O)OC)C(C)C)[nH]c4C)cc3)cc2)c(C)[nH]1)C(C)C. The maximum absolute atomic E-state index is 13.6. The topological polar surface area (TPSA) is 175 Å². The fourth-order valence-electron chi connectivity index (χ4n) is 7.87. The molecule has 56 heavy (non-hydrogen) atoms. The molecule has 4 amide bonds. The summed E-state index contributed by atoms with van der Waals surface area (Å²) in [7, 11) is 2.58. The van der Waals surface area contributed by atoms with Crippen molar-refractivity contribution < 1.29 is 28.7 Å². The largest absolute Gasteiger partial charge is 0.453 e. The molecule has 4 heterocycles. The number of aromatic nitrogens is 4. The lowest BCUT2D eigenvalue weighted by atomic mass is 10.0. The number of H-pyrrole nitrogens is 2. The van der Waals surface area contributed by atoms with Gasteiger partial charge in [0.05, 0.1) is 37.7 Å². The number of carbonyl (C=O) groups is 4. The van der Waals surface area contributed by atoms with E-state index in [0.29, 0.717) is 13.1 Å². The van der Waals surface area contributed by atoms with Crippen LogP contribution in [0.3, 0.4) is 0 Å². The zero-order valence-electron chi connectivity index (χ0n) is 33.6. The van der Waals surface area contributed by atoms with Crippen molar-refractivity contribution in [2.45, 2.75) is 91.4 Å². The van der Waals surface area contributed by atoms with Gasteiger partial charge in [-0.15, -0.1) is 0 Å². The number of hydrogen-bond donors (Lipinski definition) is 4. The Morgan fingerprint density at radius 2 is 0.964 bits per heavy atom. The second-order valence-electron chi connectivity index (χ2n) is 15.4. The number of amides is 4. The number of aromatic amines is 2. The second-order valence-corrected chi connectivity index (χ2v) is 15.4. The number of hydrogen-bond acceptors (Lipinski definition) is 8. The van der Waals surface area contributed by atoms with E-state index in [1.165, 1.54) is 14.2 Å². The molecule has 0 unspecified atom stereocenters. The number of nitrogens with one attached hydrogen (secondary N) is 4. The number of benzene rings is 2. The van der Waals surface area contributed by atoms with Crippen LogP contribution in [0.5, 0.6) is 0 Å². The lowest BCUT2D eigenvalue weighted by Crippen LogP contribution is -2.51. The van der Waals surface area contributed by atoms with Crippen LogP contribution in [0.15, 0.2) is 48.5 Å². The summed E-state index contributed by atoms with van der Waals surface area (Å²) in [5.74, 6) is 0.984. The Labute approximate surface area is 328 Å². The van der Waals surface area contributed by atoms with Gasteiger partial charge in [0.2, 0.25) is 11.8 Å². The van der Waals surface area contributed by atoms with Crippen LogP contribution in [0.1, 0.15) is 88.5 Å². The van der Waals surface area contributed by atoms with Crippen molar-refractivity contribution in [3.05, 3.63) is 71.6 Å². The highest BCUT2D eigenvalue weighted by Gasteiger charge is 2.39. The molecule has 2 fully saturated rings. The summed E-state index contributed by atoms with van der Waals surface area (Å²) in [6.07, 6.45) is 2.01. The number of rotatable bonds is 11. The first-order valence-electron chi connectivity index (χ1n) is 19.4. The van der Waals surface area contributed by atoms with Crippen LogP contribution >= 0.6 is 0 Å². The third-order valence-corrected chi connectivity index (χ3v) is 10.9. The summed E-state index contributed by atoms with van der Waals surface area (Å²) in [6, 6.07) is 14.8. The second kappa shape index (κ2) is 17.0. The molecule has 2 saturated heterocycles. The van der Waals surface area contributed by atoms with E-state index in [0.717, 1.165) is 82.4 Å². The third kappa shape index (κ3) is 8.29. The molecule has 4 atom stereocenters. The summed E-state index contributed by atoms with van der Waals surface area (Å²) in [5.41, 5.74) is 7.55. The van der Waals surface area contributed by atoms with Crippen molar-refractivity contribution >= 4 is 24.0 Å². The lowest BCUT2D eigenvalue weighted by Gasteiger charge is -2.30. The molecular weight excluding hydrogens is 713 g/mol. The Bertz CT molecular complexity index is 1890. The number of ether oxygens (including phenoxy) is 2. The highest BCUT2D eigenvalue weighted by atomic mass is 16.5. The van der Waals surface area contributed by atoms with Crippen molar-refractivity contribution in [1.82, 2.24) is 40.4 Å². The predicted octanol–water partition coefficient (Wildman–Crippen LogP) is 6.84. The standard InChI is InChI=1S/C42H54N8O6/c1-23(2)33(47-41(53)55-7)39(51)49-21-9-11-31(49)37-43-25(5)35(45-37)29-17-13-27(14-18-29)28-15-19-30(20-16-28)36-26(6)44-38(46-36)32-12-10-22-50(32)40(52)34(24(3)4)48-42(54)56-8/h13-20,23-24,31-34H,9-12,21-22H2,1-8H3,(H,43,45)(H,44,46)(H,47,53)(H,48,54)/t31-,32-,33-,34+/m0/s1. The molecule has 2 aliphatic rings. The average molecular weight is 767 g/mol. The van der Waals surface area contributed by atoms with E-state index in [4.69, 9.17) is 19.4 Å². The minimum absolute atomic E-state index is 0.108. The number of aryl methyl sites for hydroxylation is 2. The van der Waals surface area contributed by atoms with Crippen molar-refractivity contribution in [2.75, 3.05) is 27.3 Å². The maximum Gasteiger partial charge on any atom is 0.407 e. The van der Waals surface area contributed by atoms with E-state index in [1.807, 2.05) is 51.3 Å². The Hall–Kier alpha value is -5.66. The molecule has 0 saturated carbocycles. The minimum Gasteiger partial charge on any atom is -0.453 e. The number of likely N-dealkylation sites (tertiary alicyclic amines) is 2. The fourth-order valence-corrected chi connectivity index (χ4v) is 7.87. The van der Waals surface area contributed by atoms with Gasteiger partial charge in [-0.3, -0.25) is 9.59 Å². The summed E-state index contributed by atoms with van der Waals surface area (Å²) in [6.45, 7) is 12.8. The van der Waals surface area contributed by atoms with Gasteiger partial charge in [0, 0.05) is 35.6 Å². The van der Waals surface area contributed by atoms with Gasteiger partial charge in [0.25, 0.3) is 0 Å². The minimum atomic E-state index is -0.692. The molecular formula is C42H54N8O6. The summed E-state index contributed by atoms with van der Waals surface area (Å²) >= 11 is 0. The first kappa shape index (κ1) is 40.0. The highest BCUT2D eigenvalue weighted by Crippen LogP contribution is 2.36. The van der Waals surface area contributed by atoms with E-state index in [2.05, 4.69) is 69.1 Å². The van der Waals surface area contributed by atoms with Crippen LogP contribution in [0.25, 0.3) is 33.6 Å². The average Bonchev–Trinajstić information content (AvgIpc) is 4.02. The predicted molar refractivity (Wildman–Crippen MR) is 212 cm³/mol. The van der Waals surface area contributed by atoms with Gasteiger partial charge in [-0.05, 0) is 62.5 Å². The molecule has 6 rings (SSSR count). The monoisotopic (exact) mass is 766 g/mol. The zero-order valence-corrected chi connectivity index (χ0v) is 33.6.